The lowest BCUT2D eigenvalue weighted by atomic mass is 10.1. The van der Waals surface area contributed by atoms with Crippen LogP contribution in [0.1, 0.15) is 35.6 Å². The summed E-state index contributed by atoms with van der Waals surface area (Å²) < 4.78 is 1.83. The Balaban J connectivity index is 1.09. The molecule has 2 aromatic carbocycles. The van der Waals surface area contributed by atoms with Gasteiger partial charge in [-0.3, -0.25) is 4.79 Å². The Hall–Kier alpha value is -2.87. The summed E-state index contributed by atoms with van der Waals surface area (Å²) in [5.41, 5.74) is 5.16. The molecule has 154 valence electrons. The molecule has 1 aliphatic heterocycles. The topological polar surface area (TPSA) is 75.9 Å². The van der Waals surface area contributed by atoms with E-state index < -0.39 is 0 Å². The molecule has 5 rings (SSSR count). The minimum atomic E-state index is -0.0110. The van der Waals surface area contributed by atoms with E-state index in [1.54, 1.807) is 0 Å². The van der Waals surface area contributed by atoms with E-state index in [-0.39, 0.29) is 5.91 Å². The Morgan fingerprint density at radius 3 is 2.73 bits per heavy atom. The van der Waals surface area contributed by atoms with E-state index in [0.717, 1.165) is 43.1 Å². The molecule has 3 aromatic rings. The number of anilines is 1. The van der Waals surface area contributed by atoms with E-state index in [1.165, 1.54) is 28.6 Å². The third-order valence-electron chi connectivity index (χ3n) is 5.56. The molecular formula is C22H24N6OS. The number of hydrogen-bond acceptors (Lipinski definition) is 6. The maximum atomic E-state index is 12.2. The summed E-state index contributed by atoms with van der Waals surface area (Å²) in [5.74, 6) is 0.308. The number of carbonyl (C=O) groups excluding carboxylic acids is 1. The van der Waals surface area contributed by atoms with Gasteiger partial charge in [-0.1, -0.05) is 54.2 Å². The van der Waals surface area contributed by atoms with Crippen molar-refractivity contribution in [3.8, 4) is 0 Å². The fourth-order valence-corrected chi connectivity index (χ4v) is 4.54. The van der Waals surface area contributed by atoms with E-state index in [1.807, 2.05) is 4.68 Å². The van der Waals surface area contributed by atoms with Crippen molar-refractivity contribution < 1.29 is 4.79 Å². The molecule has 1 N–H and O–H groups in total. The molecule has 1 aromatic heterocycles. The second-order valence-corrected chi connectivity index (χ2v) is 8.76. The first-order valence-electron chi connectivity index (χ1n) is 10.3. The van der Waals surface area contributed by atoms with Crippen LogP contribution in [0.15, 0.2) is 53.7 Å². The zero-order valence-corrected chi connectivity index (χ0v) is 17.5. The summed E-state index contributed by atoms with van der Waals surface area (Å²) in [6, 6.07) is 17.5. The lowest BCUT2D eigenvalue weighted by Gasteiger charge is -2.19. The quantitative estimate of drug-likeness (QED) is 0.565. The van der Waals surface area contributed by atoms with Gasteiger partial charge in [-0.05, 0) is 52.4 Å². The first kappa shape index (κ1) is 19.1. The number of hydrogen-bond donors (Lipinski definition) is 1. The van der Waals surface area contributed by atoms with Gasteiger partial charge in [0.2, 0.25) is 11.1 Å². The molecule has 0 bridgehead atoms. The molecule has 30 heavy (non-hydrogen) atoms. The number of rotatable bonds is 8. The molecule has 0 radical (unpaired) electrons. The van der Waals surface area contributed by atoms with Crippen LogP contribution in [0.3, 0.4) is 0 Å². The van der Waals surface area contributed by atoms with Gasteiger partial charge in [-0.2, -0.15) is 0 Å². The van der Waals surface area contributed by atoms with Crippen LogP contribution >= 0.6 is 11.8 Å². The molecular weight excluding hydrogens is 396 g/mol. The van der Waals surface area contributed by atoms with Crippen molar-refractivity contribution in [2.45, 2.75) is 43.6 Å². The van der Waals surface area contributed by atoms with E-state index in [0.29, 0.717) is 18.3 Å². The number of nitrogens with zero attached hydrogens (tertiary/aromatic N) is 5. The van der Waals surface area contributed by atoms with Gasteiger partial charge in [0.15, 0.2) is 0 Å². The van der Waals surface area contributed by atoms with Gasteiger partial charge in [-0.25, -0.2) is 4.68 Å². The highest BCUT2D eigenvalue weighted by Crippen LogP contribution is 2.36. The number of fused-ring (bicyclic) bond motifs is 1. The fourth-order valence-electron chi connectivity index (χ4n) is 3.76. The zero-order valence-electron chi connectivity index (χ0n) is 16.7. The summed E-state index contributed by atoms with van der Waals surface area (Å²) in [6.07, 6.45) is 3.35. The van der Waals surface area contributed by atoms with Gasteiger partial charge in [0.1, 0.15) is 0 Å². The molecule has 1 fully saturated rings. The molecule has 7 nitrogen and oxygen atoms in total. The molecule has 1 aliphatic carbocycles. The highest BCUT2D eigenvalue weighted by molar-refractivity contribution is 7.99. The number of aromatic nitrogens is 4. The summed E-state index contributed by atoms with van der Waals surface area (Å²) >= 11 is 1.39. The molecule has 2 aliphatic rings. The monoisotopic (exact) mass is 420 g/mol. The largest absolute Gasteiger partial charge is 0.367 e. The van der Waals surface area contributed by atoms with Crippen LogP contribution < -0.4 is 10.2 Å². The van der Waals surface area contributed by atoms with Gasteiger partial charge < -0.3 is 10.2 Å². The van der Waals surface area contributed by atoms with Crippen LogP contribution in [0.2, 0.25) is 0 Å². The van der Waals surface area contributed by atoms with Crippen LogP contribution in [0, 0.1) is 0 Å². The third-order valence-corrected chi connectivity index (χ3v) is 6.49. The summed E-state index contributed by atoms with van der Waals surface area (Å²) in [5, 5.41) is 15.4. The number of benzene rings is 2. The number of amides is 1. The van der Waals surface area contributed by atoms with Gasteiger partial charge in [0.05, 0.1) is 11.8 Å². The predicted molar refractivity (Wildman–Crippen MR) is 116 cm³/mol. The van der Waals surface area contributed by atoms with Gasteiger partial charge >= 0.3 is 0 Å². The molecule has 8 heteroatoms. The van der Waals surface area contributed by atoms with E-state index in [4.69, 9.17) is 0 Å². The van der Waals surface area contributed by atoms with Crippen molar-refractivity contribution in [3.05, 3.63) is 65.2 Å². The molecule has 0 spiro atoms. The maximum absolute atomic E-state index is 12.2. The van der Waals surface area contributed by atoms with Crippen molar-refractivity contribution >= 4 is 23.4 Å². The maximum Gasteiger partial charge on any atom is 0.230 e. The van der Waals surface area contributed by atoms with Crippen LogP contribution in [0.4, 0.5) is 5.69 Å². The molecule has 0 atom stereocenters. The SMILES string of the molecule is O=C(CSc1nnnn1C1CC1)NCc1ccc(CN2CCc3ccccc32)cc1. The lowest BCUT2D eigenvalue weighted by molar-refractivity contribution is -0.118. The smallest absolute Gasteiger partial charge is 0.230 e. The normalized spacial score (nSPS) is 15.3. The lowest BCUT2D eigenvalue weighted by Crippen LogP contribution is -2.24. The third kappa shape index (κ3) is 4.33. The summed E-state index contributed by atoms with van der Waals surface area (Å²) in [7, 11) is 0. The molecule has 0 saturated heterocycles. The van der Waals surface area contributed by atoms with E-state index in [2.05, 4.69) is 74.3 Å². The van der Waals surface area contributed by atoms with E-state index >= 15 is 0 Å². The first-order chi connectivity index (χ1) is 14.8. The number of carbonyl (C=O) groups is 1. The van der Waals surface area contributed by atoms with Crippen LogP contribution in [0.5, 0.6) is 0 Å². The summed E-state index contributed by atoms with van der Waals surface area (Å²) in [4.78, 5) is 14.6. The van der Waals surface area contributed by atoms with Crippen molar-refractivity contribution in [2.24, 2.45) is 0 Å². The minimum absolute atomic E-state index is 0.0110. The van der Waals surface area contributed by atoms with Crippen molar-refractivity contribution in [1.29, 1.82) is 0 Å². The molecule has 1 saturated carbocycles. The van der Waals surface area contributed by atoms with E-state index in [9.17, 15) is 4.79 Å². The summed E-state index contributed by atoms with van der Waals surface area (Å²) in [6.45, 7) is 2.51. The number of tetrazole rings is 1. The van der Waals surface area contributed by atoms with Crippen molar-refractivity contribution in [2.75, 3.05) is 17.2 Å². The standard InChI is InChI=1S/C22H24N6OS/c29-21(15-30-22-24-25-26-28(22)19-9-10-19)23-13-16-5-7-17(8-6-16)14-27-12-11-18-3-1-2-4-20(18)27/h1-8,19H,9-15H2,(H,23,29). The Morgan fingerprint density at radius 1 is 1.10 bits per heavy atom. The average Bonchev–Trinajstić information content (AvgIpc) is 3.38. The second-order valence-electron chi connectivity index (χ2n) is 7.82. The highest BCUT2D eigenvalue weighted by atomic mass is 32.2. The van der Waals surface area contributed by atoms with Gasteiger partial charge in [-0.15, -0.1) is 5.10 Å². The van der Waals surface area contributed by atoms with Crippen molar-refractivity contribution in [1.82, 2.24) is 25.5 Å². The Bertz CT molecular complexity index is 1030. The van der Waals surface area contributed by atoms with Crippen molar-refractivity contribution in [3.63, 3.8) is 0 Å². The number of thioether (sulfide) groups is 1. The molecule has 1 amide bonds. The average molecular weight is 421 g/mol. The second kappa shape index (κ2) is 8.47. The van der Waals surface area contributed by atoms with Crippen LogP contribution in [-0.2, 0) is 24.3 Å². The zero-order chi connectivity index (χ0) is 20.3. The Kier molecular flexibility index (Phi) is 5.40. The van der Waals surface area contributed by atoms with Crippen LogP contribution in [0.25, 0.3) is 0 Å². The highest BCUT2D eigenvalue weighted by Gasteiger charge is 2.28. The Morgan fingerprint density at radius 2 is 1.90 bits per heavy atom. The first-order valence-corrected chi connectivity index (χ1v) is 11.3. The number of para-hydroxylation sites is 1. The van der Waals surface area contributed by atoms with Gasteiger partial charge in [0, 0.05) is 25.3 Å². The fraction of sp³-hybridized carbons (Fsp3) is 0.364. The number of nitrogens with one attached hydrogen (secondary N) is 1. The molecule has 2 heterocycles. The Labute approximate surface area is 179 Å². The van der Waals surface area contributed by atoms with Crippen LogP contribution in [-0.4, -0.2) is 38.4 Å². The minimum Gasteiger partial charge on any atom is -0.367 e. The van der Waals surface area contributed by atoms with Gasteiger partial charge in [0.25, 0.3) is 0 Å². The molecule has 0 unspecified atom stereocenters. The predicted octanol–water partition coefficient (Wildman–Crippen LogP) is 2.98.